The fraction of sp³-hybridized carbons (Fsp3) is 0.625. The third-order valence-electron chi connectivity index (χ3n) is 2.93. The maximum Gasteiger partial charge on any atom is 0.211 e. The molecule has 11 heteroatoms. The molecule has 27 heavy (non-hydrogen) atoms. The molecule has 0 aromatic heterocycles. The zero-order chi connectivity index (χ0) is 20.1. The number of alkyl halides is 5. The van der Waals surface area contributed by atoms with Crippen LogP contribution in [0.3, 0.4) is 0 Å². The standard InChI is InChI=1S/C16H22F5NO5/c17-1-6-23-12-11(22)13(24-7-2-18)15(26-9-4-20)16(27-10-5-21)14(12)25-8-3-19/h1-10,22H2. The van der Waals surface area contributed by atoms with Crippen LogP contribution in [0, 0.1) is 0 Å². The maximum atomic E-state index is 12.6. The number of ether oxygens (including phenoxy) is 5. The summed E-state index contributed by atoms with van der Waals surface area (Å²) < 4.78 is 89.0. The first-order valence-corrected chi connectivity index (χ1v) is 8.09. The van der Waals surface area contributed by atoms with E-state index in [9.17, 15) is 22.0 Å². The average Bonchev–Trinajstić information content (AvgIpc) is 2.68. The van der Waals surface area contributed by atoms with E-state index in [1.54, 1.807) is 0 Å². The number of rotatable bonds is 15. The lowest BCUT2D eigenvalue weighted by atomic mass is 10.2. The number of halogens is 5. The highest BCUT2D eigenvalue weighted by atomic mass is 19.1. The Bertz CT molecular complexity index is 523. The molecule has 0 amide bonds. The minimum absolute atomic E-state index is 0.267. The molecule has 0 aliphatic heterocycles. The van der Waals surface area contributed by atoms with Gasteiger partial charge in [0, 0.05) is 0 Å². The molecule has 156 valence electrons. The molecule has 0 bridgehead atoms. The second-order valence-electron chi connectivity index (χ2n) is 4.75. The van der Waals surface area contributed by atoms with Crippen LogP contribution in [-0.2, 0) is 0 Å². The lowest BCUT2D eigenvalue weighted by Gasteiger charge is -2.23. The summed E-state index contributed by atoms with van der Waals surface area (Å²) in [6.07, 6.45) is 0. The average molecular weight is 403 g/mol. The van der Waals surface area contributed by atoms with E-state index in [-0.39, 0.29) is 34.4 Å². The second-order valence-corrected chi connectivity index (χ2v) is 4.75. The van der Waals surface area contributed by atoms with E-state index in [1.807, 2.05) is 0 Å². The van der Waals surface area contributed by atoms with Crippen molar-refractivity contribution in [3.63, 3.8) is 0 Å². The summed E-state index contributed by atoms with van der Waals surface area (Å²) >= 11 is 0. The highest BCUT2D eigenvalue weighted by Crippen LogP contribution is 2.55. The van der Waals surface area contributed by atoms with Crippen LogP contribution in [0.1, 0.15) is 0 Å². The van der Waals surface area contributed by atoms with E-state index >= 15 is 0 Å². The predicted octanol–water partition coefficient (Wildman–Crippen LogP) is 3.01. The van der Waals surface area contributed by atoms with Crippen LogP contribution in [-0.4, -0.2) is 66.4 Å². The van der Waals surface area contributed by atoms with Crippen molar-refractivity contribution < 1.29 is 45.6 Å². The van der Waals surface area contributed by atoms with Crippen LogP contribution < -0.4 is 29.4 Å². The van der Waals surface area contributed by atoms with Crippen LogP contribution in [0.4, 0.5) is 27.6 Å². The molecule has 0 spiro atoms. The van der Waals surface area contributed by atoms with Crippen LogP contribution in [0.2, 0.25) is 0 Å². The molecule has 0 atom stereocenters. The molecule has 2 N–H and O–H groups in total. The lowest BCUT2D eigenvalue weighted by Crippen LogP contribution is -2.14. The minimum Gasteiger partial charge on any atom is -0.485 e. The molecule has 0 fully saturated rings. The molecule has 1 aromatic carbocycles. The second kappa shape index (κ2) is 12.9. The van der Waals surface area contributed by atoms with Gasteiger partial charge in [0.25, 0.3) is 0 Å². The van der Waals surface area contributed by atoms with Crippen LogP contribution in [0.5, 0.6) is 28.7 Å². The molecule has 0 aliphatic rings. The Morgan fingerprint density at radius 1 is 0.444 bits per heavy atom. The van der Waals surface area contributed by atoms with Gasteiger partial charge in [0.1, 0.15) is 72.1 Å². The third kappa shape index (κ3) is 6.40. The smallest absolute Gasteiger partial charge is 0.211 e. The first kappa shape index (κ1) is 22.7. The molecule has 0 radical (unpaired) electrons. The van der Waals surface area contributed by atoms with Crippen LogP contribution in [0.25, 0.3) is 0 Å². The van der Waals surface area contributed by atoms with E-state index in [4.69, 9.17) is 29.4 Å². The highest BCUT2D eigenvalue weighted by Gasteiger charge is 2.29. The van der Waals surface area contributed by atoms with Crippen molar-refractivity contribution in [2.75, 3.05) is 72.1 Å². The largest absolute Gasteiger partial charge is 0.485 e. The number of hydrogen-bond acceptors (Lipinski definition) is 6. The van der Waals surface area contributed by atoms with Gasteiger partial charge in [-0.05, 0) is 0 Å². The van der Waals surface area contributed by atoms with Gasteiger partial charge in [-0.2, -0.15) is 0 Å². The fourth-order valence-corrected chi connectivity index (χ4v) is 2.04. The van der Waals surface area contributed by atoms with Gasteiger partial charge in [-0.25, -0.2) is 22.0 Å². The first-order chi connectivity index (χ1) is 13.2. The summed E-state index contributed by atoms with van der Waals surface area (Å²) in [6, 6.07) is 0. The van der Waals surface area contributed by atoms with Crippen molar-refractivity contribution in [1.29, 1.82) is 0 Å². The number of benzene rings is 1. The van der Waals surface area contributed by atoms with E-state index in [0.717, 1.165) is 0 Å². The van der Waals surface area contributed by atoms with Gasteiger partial charge < -0.3 is 29.4 Å². The molecule has 0 unspecified atom stereocenters. The van der Waals surface area contributed by atoms with Gasteiger partial charge >= 0.3 is 0 Å². The Morgan fingerprint density at radius 2 is 0.667 bits per heavy atom. The molecule has 6 nitrogen and oxygen atoms in total. The van der Waals surface area contributed by atoms with E-state index in [0.29, 0.717) is 0 Å². The Kier molecular flexibility index (Phi) is 10.9. The Labute approximate surface area is 153 Å². The molecule has 0 saturated carbocycles. The molecular formula is C16H22F5NO5. The number of anilines is 1. The normalized spacial score (nSPS) is 10.6. The number of nitrogen functional groups attached to an aromatic ring is 1. The first-order valence-electron chi connectivity index (χ1n) is 8.09. The van der Waals surface area contributed by atoms with Gasteiger partial charge in [0.15, 0.2) is 11.5 Å². The molecular weight excluding hydrogens is 381 g/mol. The Balaban J connectivity index is 3.57. The fourth-order valence-electron chi connectivity index (χ4n) is 2.04. The summed E-state index contributed by atoms with van der Waals surface area (Å²) in [5, 5.41) is 0. The Morgan fingerprint density at radius 3 is 0.926 bits per heavy atom. The molecule has 1 rings (SSSR count). The predicted molar refractivity (Wildman–Crippen MR) is 88.2 cm³/mol. The van der Waals surface area contributed by atoms with Gasteiger partial charge in [-0.3, -0.25) is 0 Å². The van der Waals surface area contributed by atoms with Crippen molar-refractivity contribution in [2.24, 2.45) is 0 Å². The Hall–Kier alpha value is -2.33. The minimum atomic E-state index is -0.906. The summed E-state index contributed by atoms with van der Waals surface area (Å²) in [5.41, 5.74) is 5.66. The monoisotopic (exact) mass is 403 g/mol. The SMILES string of the molecule is Nc1c(OCCF)c(OCCF)c(OCCF)c(OCCF)c1OCCF. The molecule has 0 saturated heterocycles. The molecule has 1 aromatic rings. The van der Waals surface area contributed by atoms with Gasteiger partial charge in [0.05, 0.1) is 0 Å². The summed E-state index contributed by atoms with van der Waals surface area (Å²) in [6.45, 7) is -6.72. The lowest BCUT2D eigenvalue weighted by molar-refractivity contribution is 0.191. The summed E-state index contributed by atoms with van der Waals surface area (Å²) in [4.78, 5) is 0. The van der Waals surface area contributed by atoms with Crippen molar-refractivity contribution >= 4 is 5.69 Å². The van der Waals surface area contributed by atoms with Crippen molar-refractivity contribution in [3.05, 3.63) is 0 Å². The topological polar surface area (TPSA) is 72.2 Å². The van der Waals surface area contributed by atoms with Gasteiger partial charge in [0.2, 0.25) is 17.2 Å². The van der Waals surface area contributed by atoms with Crippen molar-refractivity contribution in [1.82, 2.24) is 0 Å². The zero-order valence-corrected chi connectivity index (χ0v) is 14.6. The number of nitrogens with two attached hydrogens (primary N) is 1. The van der Waals surface area contributed by atoms with Crippen LogP contribution >= 0.6 is 0 Å². The highest BCUT2D eigenvalue weighted by molar-refractivity contribution is 5.79. The van der Waals surface area contributed by atoms with E-state index < -0.39 is 66.4 Å². The zero-order valence-electron chi connectivity index (χ0n) is 14.6. The molecule has 0 heterocycles. The third-order valence-corrected chi connectivity index (χ3v) is 2.93. The van der Waals surface area contributed by atoms with E-state index in [1.165, 1.54) is 0 Å². The summed E-state index contributed by atoms with van der Waals surface area (Å²) in [5.74, 6) is -1.40. The van der Waals surface area contributed by atoms with Crippen LogP contribution in [0.15, 0.2) is 0 Å². The molecule has 0 aliphatic carbocycles. The quantitative estimate of drug-likeness (QED) is 0.359. The summed E-state index contributed by atoms with van der Waals surface area (Å²) in [7, 11) is 0. The van der Waals surface area contributed by atoms with Gasteiger partial charge in [-0.1, -0.05) is 0 Å². The number of hydrogen-bond donors (Lipinski definition) is 1. The van der Waals surface area contributed by atoms with E-state index in [2.05, 4.69) is 0 Å². The van der Waals surface area contributed by atoms with Gasteiger partial charge in [-0.15, -0.1) is 0 Å². The van der Waals surface area contributed by atoms with Crippen molar-refractivity contribution in [2.45, 2.75) is 0 Å². The maximum absolute atomic E-state index is 12.6. The van der Waals surface area contributed by atoms with Crippen molar-refractivity contribution in [3.8, 4) is 28.7 Å².